The molecule has 0 atom stereocenters. The lowest BCUT2D eigenvalue weighted by molar-refractivity contribution is -0.120. The lowest BCUT2D eigenvalue weighted by Gasteiger charge is -2.30. The lowest BCUT2D eigenvalue weighted by Crippen LogP contribution is -2.50. The van der Waals surface area contributed by atoms with Crippen molar-refractivity contribution in [3.63, 3.8) is 0 Å². The minimum atomic E-state index is -0.277. The highest BCUT2D eigenvalue weighted by atomic mass is 32.1. The molecule has 0 bridgehead atoms. The summed E-state index contributed by atoms with van der Waals surface area (Å²) in [7, 11) is 0. The first kappa shape index (κ1) is 18.1. The van der Waals surface area contributed by atoms with Gasteiger partial charge in [-0.1, -0.05) is 30.3 Å². The maximum Gasteiger partial charge on any atom is 0.257 e. The number of thiocarbonyl (C=S) groups is 1. The van der Waals surface area contributed by atoms with E-state index in [4.69, 9.17) is 12.2 Å². The first-order valence-corrected chi connectivity index (χ1v) is 8.92. The monoisotopic (exact) mass is 372 g/mol. The molecule has 0 fully saturated rings. The largest absolute Gasteiger partial charge is 0.362 e. The van der Waals surface area contributed by atoms with Crippen molar-refractivity contribution in [2.45, 2.75) is 19.4 Å². The van der Waals surface area contributed by atoms with Gasteiger partial charge in [0, 0.05) is 18.8 Å². The molecule has 3 rings (SSSR count). The van der Waals surface area contributed by atoms with Crippen LogP contribution in [0.5, 0.6) is 0 Å². The maximum absolute atomic E-state index is 12.9. The van der Waals surface area contributed by atoms with Crippen molar-refractivity contribution in [2.24, 2.45) is 0 Å². The van der Waals surface area contributed by atoms with Crippen LogP contribution in [0.25, 0.3) is 0 Å². The highest BCUT2D eigenvalue weighted by molar-refractivity contribution is 7.80. The Labute approximate surface area is 157 Å². The molecule has 0 spiro atoms. The third kappa shape index (κ3) is 4.92. The highest BCUT2D eigenvalue weighted by Crippen LogP contribution is 2.26. The molecule has 1 amide bonds. The number of hydrazine groups is 1. The first-order valence-electron chi connectivity index (χ1n) is 8.52. The molecule has 2 aromatic rings. The van der Waals surface area contributed by atoms with Gasteiger partial charge < -0.3 is 10.2 Å². The second-order valence-electron chi connectivity index (χ2n) is 6.14. The fourth-order valence-corrected chi connectivity index (χ4v) is 3.07. The summed E-state index contributed by atoms with van der Waals surface area (Å²) in [6.45, 7) is 1.57. The average Bonchev–Trinajstić information content (AvgIpc) is 2.66. The van der Waals surface area contributed by atoms with E-state index in [2.05, 4.69) is 27.1 Å². The number of nitrogens with one attached hydrogen (secondary N) is 3. The van der Waals surface area contributed by atoms with Crippen molar-refractivity contribution < 1.29 is 9.18 Å². The second kappa shape index (κ2) is 8.62. The Bertz CT molecular complexity index is 781. The molecule has 0 saturated carbocycles. The number of hydrogen-bond donors (Lipinski definition) is 3. The molecule has 2 aromatic carbocycles. The summed E-state index contributed by atoms with van der Waals surface area (Å²) >= 11 is 5.14. The number of aryl methyl sites for hydroxylation is 1. The minimum absolute atomic E-state index is 0.160. The van der Waals surface area contributed by atoms with Crippen LogP contribution in [0.1, 0.15) is 17.5 Å². The standard InChI is InChI=1S/C19H21FN4OS/c20-16-9-7-14(8-10-16)12-21-19(26)23-22-18(25)13-24-11-3-5-15-4-1-2-6-17(15)24/h1-2,4,6-10H,3,5,11-13H2,(H,22,25)(H2,21,23,26). The molecule has 136 valence electrons. The van der Waals surface area contributed by atoms with Crippen molar-refractivity contribution in [1.29, 1.82) is 0 Å². The van der Waals surface area contributed by atoms with Crippen LogP contribution in [0.15, 0.2) is 48.5 Å². The van der Waals surface area contributed by atoms with Crippen LogP contribution in [-0.2, 0) is 17.8 Å². The van der Waals surface area contributed by atoms with Gasteiger partial charge in [0.1, 0.15) is 5.82 Å². The Morgan fingerprint density at radius 3 is 2.69 bits per heavy atom. The third-order valence-electron chi connectivity index (χ3n) is 4.22. The van der Waals surface area contributed by atoms with Gasteiger partial charge in [-0.15, -0.1) is 0 Å². The Kier molecular flexibility index (Phi) is 6.01. The fraction of sp³-hybridized carbons (Fsp3) is 0.263. The van der Waals surface area contributed by atoms with Crippen LogP contribution in [0.2, 0.25) is 0 Å². The zero-order valence-electron chi connectivity index (χ0n) is 14.3. The normalized spacial score (nSPS) is 12.9. The Hall–Kier alpha value is -2.67. The Balaban J connectivity index is 1.43. The van der Waals surface area contributed by atoms with Gasteiger partial charge in [-0.05, 0) is 54.4 Å². The quantitative estimate of drug-likeness (QED) is 0.568. The number of halogens is 1. The van der Waals surface area contributed by atoms with Crippen LogP contribution in [0.3, 0.4) is 0 Å². The zero-order valence-corrected chi connectivity index (χ0v) is 15.1. The average molecular weight is 372 g/mol. The first-order chi connectivity index (χ1) is 12.6. The summed E-state index contributed by atoms with van der Waals surface area (Å²) in [4.78, 5) is 14.3. The minimum Gasteiger partial charge on any atom is -0.362 e. The highest BCUT2D eigenvalue weighted by Gasteiger charge is 2.18. The summed E-state index contributed by atoms with van der Waals surface area (Å²) in [6.07, 6.45) is 2.08. The molecular formula is C19H21FN4OS. The molecule has 1 heterocycles. The maximum atomic E-state index is 12.9. The molecule has 7 heteroatoms. The van der Waals surface area contributed by atoms with Gasteiger partial charge in [0.15, 0.2) is 5.11 Å². The number of amides is 1. The molecule has 0 aliphatic carbocycles. The number of carbonyl (C=O) groups is 1. The van der Waals surface area contributed by atoms with E-state index < -0.39 is 0 Å². The summed E-state index contributed by atoms with van der Waals surface area (Å²) in [5, 5.41) is 3.27. The van der Waals surface area contributed by atoms with Crippen molar-refractivity contribution in [3.8, 4) is 0 Å². The van der Waals surface area contributed by atoms with Crippen LogP contribution < -0.4 is 21.1 Å². The predicted molar refractivity (Wildman–Crippen MR) is 104 cm³/mol. The zero-order chi connectivity index (χ0) is 18.4. The lowest BCUT2D eigenvalue weighted by atomic mass is 10.0. The van der Waals surface area contributed by atoms with Gasteiger partial charge in [-0.25, -0.2) is 4.39 Å². The smallest absolute Gasteiger partial charge is 0.257 e. The van der Waals surface area contributed by atoms with Crippen molar-refractivity contribution in [3.05, 3.63) is 65.5 Å². The van der Waals surface area contributed by atoms with Gasteiger partial charge >= 0.3 is 0 Å². The number of rotatable bonds is 4. The van der Waals surface area contributed by atoms with Crippen LogP contribution in [0.4, 0.5) is 10.1 Å². The van der Waals surface area contributed by atoms with Crippen molar-refractivity contribution in [1.82, 2.24) is 16.2 Å². The van der Waals surface area contributed by atoms with E-state index in [9.17, 15) is 9.18 Å². The van der Waals surface area contributed by atoms with E-state index in [1.165, 1.54) is 17.7 Å². The van der Waals surface area contributed by atoms with Crippen LogP contribution in [0, 0.1) is 5.82 Å². The van der Waals surface area contributed by atoms with Crippen LogP contribution in [-0.4, -0.2) is 24.1 Å². The molecular weight excluding hydrogens is 351 g/mol. The summed E-state index contributed by atoms with van der Waals surface area (Å²) in [6, 6.07) is 14.3. The van der Waals surface area contributed by atoms with E-state index in [0.29, 0.717) is 11.7 Å². The summed E-state index contributed by atoms with van der Waals surface area (Å²) < 4.78 is 12.9. The van der Waals surface area contributed by atoms with E-state index in [-0.39, 0.29) is 18.3 Å². The molecule has 0 radical (unpaired) electrons. The number of anilines is 1. The van der Waals surface area contributed by atoms with Gasteiger partial charge in [-0.3, -0.25) is 15.6 Å². The van der Waals surface area contributed by atoms with Gasteiger partial charge in [-0.2, -0.15) is 0 Å². The molecule has 26 heavy (non-hydrogen) atoms. The second-order valence-corrected chi connectivity index (χ2v) is 6.54. The van der Waals surface area contributed by atoms with Gasteiger partial charge in [0.2, 0.25) is 0 Å². The summed E-state index contributed by atoms with van der Waals surface area (Å²) in [5.41, 5.74) is 8.60. The topological polar surface area (TPSA) is 56.4 Å². The van der Waals surface area contributed by atoms with Gasteiger partial charge in [0.25, 0.3) is 5.91 Å². The van der Waals surface area contributed by atoms with E-state index in [1.54, 1.807) is 12.1 Å². The SMILES string of the molecule is O=C(CN1CCCc2ccccc21)NNC(=S)NCc1ccc(F)cc1. The Morgan fingerprint density at radius 1 is 1.12 bits per heavy atom. The molecule has 0 aromatic heterocycles. The molecule has 1 aliphatic rings. The summed E-state index contributed by atoms with van der Waals surface area (Å²) in [5.74, 6) is -0.436. The third-order valence-corrected chi connectivity index (χ3v) is 4.47. The van der Waals surface area contributed by atoms with Crippen molar-refractivity contribution in [2.75, 3.05) is 18.0 Å². The van der Waals surface area contributed by atoms with E-state index in [1.807, 2.05) is 18.2 Å². The molecule has 0 unspecified atom stereocenters. The number of nitrogens with zero attached hydrogens (tertiary/aromatic N) is 1. The molecule has 3 N–H and O–H groups in total. The van der Waals surface area contributed by atoms with E-state index in [0.717, 1.165) is 30.6 Å². The number of fused-ring (bicyclic) bond motifs is 1. The predicted octanol–water partition coefficient (Wildman–Crippen LogP) is 2.27. The number of benzene rings is 2. The molecule has 0 saturated heterocycles. The van der Waals surface area contributed by atoms with Crippen LogP contribution >= 0.6 is 12.2 Å². The van der Waals surface area contributed by atoms with Crippen molar-refractivity contribution >= 4 is 28.9 Å². The molecule has 1 aliphatic heterocycles. The Morgan fingerprint density at radius 2 is 1.88 bits per heavy atom. The number of carbonyl (C=O) groups excluding carboxylic acids is 1. The fourth-order valence-electron chi connectivity index (χ4n) is 2.94. The van der Waals surface area contributed by atoms with E-state index >= 15 is 0 Å². The molecule has 5 nitrogen and oxygen atoms in total. The number of hydrogen-bond acceptors (Lipinski definition) is 3. The van der Waals surface area contributed by atoms with Gasteiger partial charge in [0.05, 0.1) is 6.54 Å². The number of para-hydroxylation sites is 1.